The fourth-order valence-electron chi connectivity index (χ4n) is 4.78. The molecule has 1 heteroatoms. The van der Waals surface area contributed by atoms with Gasteiger partial charge in [0.05, 0.1) is 0 Å². The van der Waals surface area contributed by atoms with E-state index in [1.165, 1.54) is 77.1 Å². The Bertz CT molecular complexity index is 628. The van der Waals surface area contributed by atoms with Crippen LogP contribution >= 0.6 is 8.58 Å². The maximum atomic E-state index is 2.39. The monoisotopic (exact) mass is 324 g/mol. The van der Waals surface area contributed by atoms with Crippen LogP contribution in [-0.4, -0.2) is 11.3 Å². The molecular formula is C22H29P. The van der Waals surface area contributed by atoms with Crippen molar-refractivity contribution in [3.8, 4) is 0 Å². The van der Waals surface area contributed by atoms with Gasteiger partial charge in [0.25, 0.3) is 0 Å². The molecule has 2 aromatic rings. The summed E-state index contributed by atoms with van der Waals surface area (Å²) < 4.78 is 0. The van der Waals surface area contributed by atoms with E-state index >= 15 is 0 Å². The Morgan fingerprint density at radius 3 is 2.17 bits per heavy atom. The molecule has 1 unspecified atom stereocenters. The first-order valence-electron chi connectivity index (χ1n) is 9.64. The van der Waals surface area contributed by atoms with Crippen LogP contribution in [0.2, 0.25) is 0 Å². The zero-order chi connectivity index (χ0) is 15.5. The van der Waals surface area contributed by atoms with E-state index in [0.717, 1.165) is 17.2 Å². The summed E-state index contributed by atoms with van der Waals surface area (Å²) in [5.74, 6) is 0.800. The van der Waals surface area contributed by atoms with Gasteiger partial charge in [-0.3, -0.25) is 0 Å². The molecular weight excluding hydrogens is 295 g/mol. The molecule has 4 rings (SSSR count). The maximum absolute atomic E-state index is 2.39. The lowest BCUT2D eigenvalue weighted by molar-refractivity contribution is 0.447. The van der Waals surface area contributed by atoms with E-state index in [1.807, 2.05) is 0 Å². The Kier molecular flexibility index (Phi) is 5.00. The van der Waals surface area contributed by atoms with Crippen molar-refractivity contribution in [1.29, 1.82) is 0 Å². The third kappa shape index (κ3) is 3.63. The van der Waals surface area contributed by atoms with Gasteiger partial charge in [-0.2, -0.15) is 0 Å². The lowest BCUT2D eigenvalue weighted by Crippen LogP contribution is -2.18. The number of fused-ring (bicyclic) bond motifs is 1. The molecule has 2 aliphatic rings. The van der Waals surface area contributed by atoms with Gasteiger partial charge in [0.1, 0.15) is 0 Å². The second-order valence-electron chi connectivity index (χ2n) is 7.62. The van der Waals surface area contributed by atoms with Crippen molar-refractivity contribution >= 4 is 19.4 Å². The molecule has 0 aliphatic heterocycles. The number of hydrogen-bond acceptors (Lipinski definition) is 0. The standard InChI is InChI=1S/C22H29P/c1-2-9-19(10-3-1)23-20-15-13-18(14-16-20)22-12-6-8-17-7-4-5-11-21(17)22/h4-8,11-12,18-20,23H,1-3,9-10,13-16H2. The third-order valence-electron chi connectivity index (χ3n) is 6.07. The van der Waals surface area contributed by atoms with Gasteiger partial charge >= 0.3 is 0 Å². The van der Waals surface area contributed by atoms with Crippen LogP contribution in [0.1, 0.15) is 69.3 Å². The molecule has 0 spiro atoms. The average Bonchev–Trinajstić information content (AvgIpc) is 2.63. The minimum absolute atomic E-state index is 0.800. The van der Waals surface area contributed by atoms with Crippen LogP contribution in [0.5, 0.6) is 0 Å². The van der Waals surface area contributed by atoms with Crippen LogP contribution < -0.4 is 0 Å². The number of benzene rings is 2. The normalized spacial score (nSPS) is 27.0. The first-order valence-corrected chi connectivity index (χ1v) is 10.8. The van der Waals surface area contributed by atoms with E-state index in [1.54, 1.807) is 5.56 Å². The molecule has 0 amide bonds. The molecule has 2 aliphatic carbocycles. The highest BCUT2D eigenvalue weighted by Gasteiger charge is 2.26. The minimum atomic E-state index is 0.800. The minimum Gasteiger partial charge on any atom is -0.116 e. The highest BCUT2D eigenvalue weighted by atomic mass is 31.1. The summed E-state index contributed by atoms with van der Waals surface area (Å²) in [5.41, 5.74) is 3.75. The van der Waals surface area contributed by atoms with Crippen LogP contribution in [0, 0.1) is 0 Å². The quantitative estimate of drug-likeness (QED) is 0.540. The Morgan fingerprint density at radius 2 is 1.35 bits per heavy atom. The van der Waals surface area contributed by atoms with Gasteiger partial charge in [-0.25, -0.2) is 0 Å². The lowest BCUT2D eigenvalue weighted by atomic mass is 9.82. The Balaban J connectivity index is 1.40. The zero-order valence-electron chi connectivity index (χ0n) is 14.1. The first-order chi connectivity index (χ1) is 11.4. The van der Waals surface area contributed by atoms with Crippen molar-refractivity contribution in [2.45, 2.75) is 75.0 Å². The second kappa shape index (κ2) is 7.35. The summed E-state index contributed by atoms with van der Waals surface area (Å²) in [6.07, 6.45) is 13.3. The van der Waals surface area contributed by atoms with Crippen LogP contribution in [0.4, 0.5) is 0 Å². The van der Waals surface area contributed by atoms with Gasteiger partial charge in [0.2, 0.25) is 0 Å². The van der Waals surface area contributed by atoms with E-state index in [2.05, 4.69) is 42.5 Å². The molecule has 23 heavy (non-hydrogen) atoms. The molecule has 0 heterocycles. The van der Waals surface area contributed by atoms with Crippen LogP contribution in [0.3, 0.4) is 0 Å². The van der Waals surface area contributed by atoms with E-state index in [0.29, 0.717) is 0 Å². The molecule has 122 valence electrons. The fourth-order valence-corrected chi connectivity index (χ4v) is 6.86. The van der Waals surface area contributed by atoms with Gasteiger partial charge in [-0.15, -0.1) is 8.58 Å². The first kappa shape index (κ1) is 15.6. The molecule has 0 saturated heterocycles. The van der Waals surface area contributed by atoms with E-state index < -0.39 is 0 Å². The van der Waals surface area contributed by atoms with Gasteiger partial charge in [0, 0.05) is 0 Å². The topological polar surface area (TPSA) is 0 Å². The maximum Gasteiger partial charge on any atom is -0.0149 e. The number of rotatable bonds is 3. The SMILES string of the molecule is c1ccc2c(C3CCC(PC4CCCCC4)CC3)cccc2c1. The summed E-state index contributed by atoms with van der Waals surface area (Å²) in [7, 11) is 1.26. The zero-order valence-corrected chi connectivity index (χ0v) is 15.1. The largest absolute Gasteiger partial charge is 0.116 e. The van der Waals surface area contributed by atoms with Crippen LogP contribution in [0.15, 0.2) is 42.5 Å². The summed E-state index contributed by atoms with van der Waals surface area (Å²) in [4.78, 5) is 0. The summed E-state index contributed by atoms with van der Waals surface area (Å²) in [6, 6.07) is 15.8. The van der Waals surface area contributed by atoms with Crippen LogP contribution in [-0.2, 0) is 0 Å². The fraction of sp³-hybridized carbons (Fsp3) is 0.545. The molecule has 0 bridgehead atoms. The Hall–Kier alpha value is -0.870. The van der Waals surface area contributed by atoms with E-state index in [-0.39, 0.29) is 0 Å². The highest BCUT2D eigenvalue weighted by molar-refractivity contribution is 7.39. The van der Waals surface area contributed by atoms with Crippen LogP contribution in [0.25, 0.3) is 10.8 Å². The van der Waals surface area contributed by atoms with E-state index in [9.17, 15) is 0 Å². The highest BCUT2D eigenvalue weighted by Crippen LogP contribution is 2.45. The smallest absolute Gasteiger partial charge is 0.0149 e. The molecule has 0 radical (unpaired) electrons. The van der Waals surface area contributed by atoms with Gasteiger partial charge in [-0.1, -0.05) is 61.7 Å². The molecule has 2 aromatic carbocycles. The summed E-state index contributed by atoms with van der Waals surface area (Å²) in [6.45, 7) is 0. The van der Waals surface area contributed by atoms with Crippen molar-refractivity contribution in [3.63, 3.8) is 0 Å². The number of hydrogen-bond donors (Lipinski definition) is 0. The molecule has 2 saturated carbocycles. The van der Waals surface area contributed by atoms with Crippen molar-refractivity contribution in [2.75, 3.05) is 0 Å². The van der Waals surface area contributed by atoms with Crippen molar-refractivity contribution in [1.82, 2.24) is 0 Å². The third-order valence-corrected chi connectivity index (χ3v) is 8.16. The molecule has 0 N–H and O–H groups in total. The molecule has 0 aromatic heterocycles. The average molecular weight is 324 g/mol. The van der Waals surface area contributed by atoms with E-state index in [4.69, 9.17) is 0 Å². The summed E-state index contributed by atoms with van der Waals surface area (Å²) >= 11 is 0. The van der Waals surface area contributed by atoms with Crippen molar-refractivity contribution in [3.05, 3.63) is 48.0 Å². The summed E-state index contributed by atoms with van der Waals surface area (Å²) in [5, 5.41) is 2.91. The Morgan fingerprint density at radius 1 is 0.652 bits per heavy atom. The molecule has 0 nitrogen and oxygen atoms in total. The van der Waals surface area contributed by atoms with Gasteiger partial charge in [0.15, 0.2) is 0 Å². The second-order valence-corrected chi connectivity index (χ2v) is 9.58. The molecule has 1 atom stereocenters. The van der Waals surface area contributed by atoms with Crippen molar-refractivity contribution in [2.24, 2.45) is 0 Å². The Labute approximate surface area is 142 Å². The molecule has 2 fully saturated rings. The predicted molar refractivity (Wildman–Crippen MR) is 104 cm³/mol. The van der Waals surface area contributed by atoms with Crippen molar-refractivity contribution < 1.29 is 0 Å². The lowest BCUT2D eigenvalue weighted by Gasteiger charge is -2.33. The predicted octanol–water partition coefficient (Wildman–Crippen LogP) is 6.88. The van der Waals surface area contributed by atoms with Gasteiger partial charge < -0.3 is 0 Å². The van der Waals surface area contributed by atoms with Gasteiger partial charge in [-0.05, 0) is 72.1 Å².